The summed E-state index contributed by atoms with van der Waals surface area (Å²) in [6.45, 7) is 4.83. The van der Waals surface area contributed by atoms with Gasteiger partial charge in [0.1, 0.15) is 5.56 Å². The van der Waals surface area contributed by atoms with Crippen LogP contribution in [0.15, 0.2) is 16.9 Å². The standard InChI is InChI=1S/C24H35N3O2/c1-15-4-2-3-7-27(15)14-20-5-6-21(24(29)26-20)23(28)25-13-22-18-9-16-8-17(11-18)12-19(22)10-16/h5-6,15-19,22H,2-4,7-14H2,1H3,(H,25,28)(H,26,29). The van der Waals surface area contributed by atoms with Crippen LogP contribution in [0.4, 0.5) is 0 Å². The molecule has 0 spiro atoms. The zero-order chi connectivity index (χ0) is 20.0. The molecule has 4 aliphatic carbocycles. The molecule has 1 atom stereocenters. The third kappa shape index (κ3) is 3.90. The normalized spacial score (nSPS) is 36.3. The van der Waals surface area contributed by atoms with Crippen LogP contribution >= 0.6 is 0 Å². The predicted molar refractivity (Wildman–Crippen MR) is 114 cm³/mol. The Morgan fingerprint density at radius 2 is 1.83 bits per heavy atom. The average molecular weight is 398 g/mol. The van der Waals surface area contributed by atoms with E-state index in [1.54, 1.807) is 6.07 Å². The van der Waals surface area contributed by atoms with Crippen molar-refractivity contribution >= 4 is 5.91 Å². The minimum atomic E-state index is -0.255. The molecule has 0 aromatic carbocycles. The summed E-state index contributed by atoms with van der Waals surface area (Å²) < 4.78 is 0. The summed E-state index contributed by atoms with van der Waals surface area (Å²) in [4.78, 5) is 30.7. The number of aromatic nitrogens is 1. The van der Waals surface area contributed by atoms with Gasteiger partial charge in [0.25, 0.3) is 11.5 Å². The molecular formula is C24H35N3O2. The number of nitrogens with one attached hydrogen (secondary N) is 2. The number of piperidine rings is 1. The zero-order valence-corrected chi connectivity index (χ0v) is 17.7. The maximum absolute atomic E-state index is 12.7. The van der Waals surface area contributed by atoms with Crippen molar-refractivity contribution in [3.8, 4) is 0 Å². The molecule has 1 amide bonds. The van der Waals surface area contributed by atoms with Crippen molar-refractivity contribution in [2.75, 3.05) is 13.1 Å². The summed E-state index contributed by atoms with van der Waals surface area (Å²) in [5.41, 5.74) is 0.903. The van der Waals surface area contributed by atoms with Crippen molar-refractivity contribution in [1.29, 1.82) is 0 Å². The van der Waals surface area contributed by atoms with Gasteiger partial charge in [0.15, 0.2) is 0 Å². The number of carbonyl (C=O) groups excluding carboxylic acids is 1. The Kier molecular flexibility index (Phi) is 5.27. The number of likely N-dealkylation sites (tertiary alicyclic amines) is 1. The minimum Gasteiger partial charge on any atom is -0.352 e. The van der Waals surface area contributed by atoms with Crippen LogP contribution in [0.25, 0.3) is 0 Å². The largest absolute Gasteiger partial charge is 0.352 e. The van der Waals surface area contributed by atoms with Crippen LogP contribution < -0.4 is 10.9 Å². The molecule has 5 nitrogen and oxygen atoms in total. The fraction of sp³-hybridized carbons (Fsp3) is 0.750. The van der Waals surface area contributed by atoms with Crippen molar-refractivity contribution in [1.82, 2.24) is 15.2 Å². The molecule has 5 fully saturated rings. The number of amides is 1. The van der Waals surface area contributed by atoms with Crippen LogP contribution in [-0.2, 0) is 6.54 Å². The maximum Gasteiger partial charge on any atom is 0.261 e. The second-order valence-electron chi connectivity index (χ2n) is 10.3. The summed E-state index contributed by atoms with van der Waals surface area (Å²) in [5, 5.41) is 3.11. The number of H-pyrrole nitrogens is 1. The lowest BCUT2D eigenvalue weighted by molar-refractivity contribution is -0.0347. The smallest absolute Gasteiger partial charge is 0.261 e. The monoisotopic (exact) mass is 397 g/mol. The second kappa shape index (κ2) is 7.90. The van der Waals surface area contributed by atoms with Crippen LogP contribution in [0.5, 0.6) is 0 Å². The Bertz CT molecular complexity index is 789. The quantitative estimate of drug-likeness (QED) is 0.799. The molecular weight excluding hydrogens is 362 g/mol. The summed E-state index contributed by atoms with van der Waals surface area (Å²) >= 11 is 0. The van der Waals surface area contributed by atoms with Gasteiger partial charge in [0, 0.05) is 24.8 Å². The lowest BCUT2D eigenvalue weighted by Gasteiger charge is -2.54. The zero-order valence-electron chi connectivity index (χ0n) is 17.7. The Balaban J connectivity index is 1.19. The van der Waals surface area contributed by atoms with Crippen molar-refractivity contribution in [3.63, 3.8) is 0 Å². The van der Waals surface area contributed by atoms with E-state index >= 15 is 0 Å². The number of carbonyl (C=O) groups is 1. The topological polar surface area (TPSA) is 65.2 Å². The highest BCUT2D eigenvalue weighted by atomic mass is 16.2. The molecule has 5 heteroatoms. The first-order chi connectivity index (χ1) is 14.1. The first-order valence-corrected chi connectivity index (χ1v) is 11.8. The van der Waals surface area contributed by atoms with Crippen molar-refractivity contribution < 1.29 is 4.79 Å². The number of hydrogen-bond donors (Lipinski definition) is 2. The van der Waals surface area contributed by atoms with Gasteiger partial charge < -0.3 is 10.3 Å². The van der Waals surface area contributed by atoms with Gasteiger partial charge in [-0.25, -0.2) is 0 Å². The summed E-state index contributed by atoms with van der Waals surface area (Å²) in [7, 11) is 0. The van der Waals surface area contributed by atoms with E-state index in [2.05, 4.69) is 22.1 Å². The third-order valence-corrected chi connectivity index (χ3v) is 8.45. The molecule has 0 radical (unpaired) electrons. The molecule has 1 unspecified atom stereocenters. The van der Waals surface area contributed by atoms with E-state index in [1.807, 2.05) is 6.07 Å². The lowest BCUT2D eigenvalue weighted by Crippen LogP contribution is -2.49. The Labute approximate surface area is 173 Å². The highest BCUT2D eigenvalue weighted by molar-refractivity contribution is 5.93. The van der Waals surface area contributed by atoms with Gasteiger partial charge in [-0.2, -0.15) is 0 Å². The molecule has 158 valence electrons. The number of rotatable bonds is 5. The highest BCUT2D eigenvalue weighted by Gasteiger charge is 2.47. The number of pyridine rings is 1. The van der Waals surface area contributed by atoms with Gasteiger partial charge in [0.05, 0.1) is 0 Å². The van der Waals surface area contributed by atoms with Crippen LogP contribution in [0, 0.1) is 29.6 Å². The molecule has 1 aromatic rings. The van der Waals surface area contributed by atoms with Gasteiger partial charge in [-0.15, -0.1) is 0 Å². The van der Waals surface area contributed by atoms with Gasteiger partial charge in [-0.05, 0) is 100 Å². The molecule has 6 rings (SSSR count). The Morgan fingerprint density at radius 1 is 1.10 bits per heavy atom. The fourth-order valence-corrected chi connectivity index (χ4v) is 7.07. The van der Waals surface area contributed by atoms with Crippen LogP contribution in [0.2, 0.25) is 0 Å². The second-order valence-corrected chi connectivity index (χ2v) is 10.3. The summed E-state index contributed by atoms with van der Waals surface area (Å²) in [6.07, 6.45) is 10.6. The third-order valence-electron chi connectivity index (χ3n) is 8.45. The predicted octanol–water partition coefficient (Wildman–Crippen LogP) is 3.55. The average Bonchev–Trinajstić information content (AvgIpc) is 2.68. The number of hydrogen-bond acceptors (Lipinski definition) is 3. The molecule has 4 bridgehead atoms. The van der Waals surface area contributed by atoms with Crippen LogP contribution in [0.1, 0.15) is 74.3 Å². The highest BCUT2D eigenvalue weighted by Crippen LogP contribution is 2.56. The number of aromatic amines is 1. The summed E-state index contributed by atoms with van der Waals surface area (Å²) in [5.74, 6) is 3.88. The van der Waals surface area contributed by atoms with E-state index in [0.29, 0.717) is 12.0 Å². The lowest BCUT2D eigenvalue weighted by atomic mass is 9.52. The van der Waals surface area contributed by atoms with Gasteiger partial charge in [0.2, 0.25) is 0 Å². The molecule has 1 saturated heterocycles. The molecule has 1 aliphatic heterocycles. The van der Waals surface area contributed by atoms with Crippen LogP contribution in [-0.4, -0.2) is 34.9 Å². The van der Waals surface area contributed by atoms with Crippen LogP contribution in [0.3, 0.4) is 0 Å². The summed E-state index contributed by atoms with van der Waals surface area (Å²) in [6, 6.07) is 4.19. The minimum absolute atomic E-state index is 0.210. The first-order valence-electron chi connectivity index (χ1n) is 11.8. The van der Waals surface area contributed by atoms with E-state index in [9.17, 15) is 9.59 Å². The molecule has 29 heavy (non-hydrogen) atoms. The van der Waals surface area contributed by atoms with Crippen molar-refractivity contribution in [2.24, 2.45) is 29.6 Å². The Morgan fingerprint density at radius 3 is 2.48 bits per heavy atom. The van der Waals surface area contributed by atoms with Crippen molar-refractivity contribution in [2.45, 2.75) is 70.9 Å². The fourth-order valence-electron chi connectivity index (χ4n) is 7.07. The van der Waals surface area contributed by atoms with Gasteiger partial charge in [-0.1, -0.05) is 6.42 Å². The van der Waals surface area contributed by atoms with E-state index in [1.165, 1.54) is 51.4 Å². The number of nitrogens with zero attached hydrogens (tertiary/aromatic N) is 1. The van der Waals surface area contributed by atoms with Gasteiger partial charge in [-0.3, -0.25) is 14.5 Å². The first kappa shape index (κ1) is 19.3. The van der Waals surface area contributed by atoms with E-state index < -0.39 is 0 Å². The maximum atomic E-state index is 12.7. The molecule has 4 saturated carbocycles. The molecule has 1 aromatic heterocycles. The van der Waals surface area contributed by atoms with E-state index in [-0.39, 0.29) is 17.0 Å². The van der Waals surface area contributed by atoms with E-state index in [0.717, 1.165) is 49.0 Å². The Hall–Kier alpha value is -1.62. The molecule has 5 aliphatic rings. The van der Waals surface area contributed by atoms with E-state index in [4.69, 9.17) is 0 Å². The molecule has 2 heterocycles. The SMILES string of the molecule is CC1CCCCN1Cc1ccc(C(=O)NCC2C3CC4CC(C3)CC2C4)c(=O)[nH]1. The molecule has 2 N–H and O–H groups in total. The van der Waals surface area contributed by atoms with Gasteiger partial charge >= 0.3 is 0 Å². The van der Waals surface area contributed by atoms with Crippen molar-refractivity contribution in [3.05, 3.63) is 33.7 Å².